The second-order valence-electron chi connectivity index (χ2n) is 9.04. The van der Waals surface area contributed by atoms with Gasteiger partial charge in [-0.1, -0.05) is 29.8 Å². The summed E-state index contributed by atoms with van der Waals surface area (Å²) < 4.78 is 46.9. The normalized spacial score (nSPS) is 15.6. The summed E-state index contributed by atoms with van der Waals surface area (Å²) in [6.45, 7) is -0.140. The smallest absolute Gasteiger partial charge is 0.416 e. The van der Waals surface area contributed by atoms with Crippen LogP contribution in [0.4, 0.5) is 18.0 Å². The molecule has 13 heteroatoms. The van der Waals surface area contributed by atoms with Crippen molar-refractivity contribution in [3.63, 3.8) is 0 Å². The number of imide groups is 1. The molecular formula is C28H20ClF3N4O4S. The lowest BCUT2D eigenvalue weighted by Crippen LogP contribution is -2.46. The minimum absolute atomic E-state index is 0.00630. The van der Waals surface area contributed by atoms with Crippen molar-refractivity contribution in [1.82, 2.24) is 19.7 Å². The third-order valence-electron chi connectivity index (χ3n) is 6.40. The minimum atomic E-state index is -4.58. The molecule has 0 bridgehead atoms. The average molecular weight is 601 g/mol. The van der Waals surface area contributed by atoms with Crippen LogP contribution >= 0.6 is 23.4 Å². The second-order valence-corrected chi connectivity index (χ2v) is 10.5. The number of esters is 1. The predicted molar refractivity (Wildman–Crippen MR) is 147 cm³/mol. The number of methoxy groups -OCH3 is 1. The van der Waals surface area contributed by atoms with Gasteiger partial charge in [0.2, 0.25) is 0 Å². The van der Waals surface area contributed by atoms with E-state index in [0.29, 0.717) is 33.9 Å². The van der Waals surface area contributed by atoms with E-state index in [1.165, 1.54) is 36.2 Å². The van der Waals surface area contributed by atoms with Gasteiger partial charge in [0.05, 0.1) is 35.8 Å². The molecule has 0 radical (unpaired) electrons. The number of nitrogens with zero attached hydrogens (tertiary/aromatic N) is 4. The van der Waals surface area contributed by atoms with Crippen LogP contribution in [0.5, 0.6) is 0 Å². The van der Waals surface area contributed by atoms with Gasteiger partial charge in [0.15, 0.2) is 0 Å². The molecule has 2 aromatic carbocycles. The van der Waals surface area contributed by atoms with Crippen molar-refractivity contribution in [3.8, 4) is 0 Å². The van der Waals surface area contributed by atoms with Gasteiger partial charge in [0, 0.05) is 28.7 Å². The Labute approximate surface area is 240 Å². The highest BCUT2D eigenvalue weighted by Gasteiger charge is 2.43. The lowest BCUT2D eigenvalue weighted by atomic mass is 10.1. The lowest BCUT2D eigenvalue weighted by molar-refractivity contribution is -0.148. The number of hydrogen-bond donors (Lipinski definition) is 0. The highest BCUT2D eigenvalue weighted by Crippen LogP contribution is 2.36. The predicted octanol–water partition coefficient (Wildman–Crippen LogP) is 5.97. The molecule has 2 aromatic heterocycles. The van der Waals surface area contributed by atoms with Crippen LogP contribution < -0.4 is 0 Å². The number of thioether (sulfide) groups is 1. The SMILES string of the molecule is COC(=O)C(Cc1ccccn1)N1C(=O)SC(=Cc2ccc3c(cnn3Cc3ccc(Cl)cc3C(F)(F)F)c2)C1=O. The number of rotatable bonds is 7. The highest BCUT2D eigenvalue weighted by atomic mass is 35.5. The lowest BCUT2D eigenvalue weighted by Gasteiger charge is -2.22. The molecule has 8 nitrogen and oxygen atoms in total. The van der Waals surface area contributed by atoms with E-state index in [-0.39, 0.29) is 28.5 Å². The summed E-state index contributed by atoms with van der Waals surface area (Å²) in [7, 11) is 1.18. The largest absolute Gasteiger partial charge is 0.467 e. The summed E-state index contributed by atoms with van der Waals surface area (Å²) in [4.78, 5) is 43.8. The molecular weight excluding hydrogens is 581 g/mol. The number of pyridine rings is 1. The first-order chi connectivity index (χ1) is 19.5. The van der Waals surface area contributed by atoms with Gasteiger partial charge < -0.3 is 4.74 Å². The Hall–Kier alpha value is -4.16. The van der Waals surface area contributed by atoms with Crippen LogP contribution in [0, 0.1) is 0 Å². The molecule has 0 aliphatic carbocycles. The van der Waals surface area contributed by atoms with Crippen LogP contribution in [0.3, 0.4) is 0 Å². The summed E-state index contributed by atoms with van der Waals surface area (Å²) in [5.74, 6) is -1.40. The highest BCUT2D eigenvalue weighted by molar-refractivity contribution is 8.18. The number of aromatic nitrogens is 3. The number of carbonyl (C=O) groups is 3. The van der Waals surface area contributed by atoms with Gasteiger partial charge >= 0.3 is 12.1 Å². The quantitative estimate of drug-likeness (QED) is 0.190. The number of benzene rings is 2. The maximum Gasteiger partial charge on any atom is 0.416 e. The van der Waals surface area contributed by atoms with Crippen LogP contribution in [-0.2, 0) is 33.5 Å². The summed E-state index contributed by atoms with van der Waals surface area (Å²) in [5, 5.41) is 4.22. The zero-order valence-corrected chi connectivity index (χ0v) is 22.8. The van der Waals surface area contributed by atoms with Gasteiger partial charge in [-0.2, -0.15) is 18.3 Å². The third kappa shape index (κ3) is 5.98. The molecule has 1 aliphatic rings. The van der Waals surface area contributed by atoms with Crippen LogP contribution in [0.15, 0.2) is 71.9 Å². The summed E-state index contributed by atoms with van der Waals surface area (Å²) in [6.07, 6.45) is -0.0304. The van der Waals surface area contributed by atoms with Crippen molar-refractivity contribution in [2.75, 3.05) is 7.11 Å². The van der Waals surface area contributed by atoms with E-state index in [1.807, 2.05) is 0 Å². The Bertz CT molecular complexity index is 1690. The molecule has 210 valence electrons. The molecule has 2 amide bonds. The van der Waals surface area contributed by atoms with E-state index in [2.05, 4.69) is 10.1 Å². The van der Waals surface area contributed by atoms with Gasteiger partial charge in [-0.25, -0.2) is 4.79 Å². The van der Waals surface area contributed by atoms with Crippen LogP contribution in [0.1, 0.15) is 22.4 Å². The van der Waals surface area contributed by atoms with Gasteiger partial charge in [0.1, 0.15) is 6.04 Å². The number of amides is 2. The average Bonchev–Trinajstić information content (AvgIpc) is 3.46. The zero-order valence-electron chi connectivity index (χ0n) is 21.3. The number of fused-ring (bicyclic) bond motifs is 1. The van der Waals surface area contributed by atoms with Gasteiger partial charge in [0.25, 0.3) is 11.1 Å². The molecule has 1 fully saturated rings. The van der Waals surface area contributed by atoms with Crippen molar-refractivity contribution in [1.29, 1.82) is 0 Å². The van der Waals surface area contributed by atoms with Crippen molar-refractivity contribution in [2.45, 2.75) is 25.2 Å². The second kappa shape index (κ2) is 11.4. The molecule has 5 rings (SSSR count). The molecule has 0 saturated carbocycles. The molecule has 4 aromatic rings. The monoisotopic (exact) mass is 600 g/mol. The van der Waals surface area contributed by atoms with Gasteiger partial charge in [-0.3, -0.25) is 24.2 Å². The van der Waals surface area contributed by atoms with Gasteiger partial charge in [-0.15, -0.1) is 0 Å². The summed E-state index contributed by atoms with van der Waals surface area (Å²) in [5.41, 5.74) is 0.808. The number of hydrogen-bond acceptors (Lipinski definition) is 7. The van der Waals surface area contributed by atoms with Crippen molar-refractivity contribution in [2.24, 2.45) is 0 Å². The molecule has 41 heavy (non-hydrogen) atoms. The first kappa shape index (κ1) is 28.4. The van der Waals surface area contributed by atoms with Crippen molar-refractivity contribution >= 4 is 57.5 Å². The van der Waals surface area contributed by atoms with Crippen molar-refractivity contribution in [3.05, 3.63) is 99.3 Å². The van der Waals surface area contributed by atoms with E-state index < -0.39 is 34.9 Å². The topological polar surface area (TPSA) is 94.4 Å². The Morgan fingerprint density at radius 3 is 2.66 bits per heavy atom. The fourth-order valence-corrected chi connectivity index (χ4v) is 5.52. The van der Waals surface area contributed by atoms with Crippen LogP contribution in [-0.4, -0.2) is 49.9 Å². The molecule has 1 atom stereocenters. The molecule has 0 spiro atoms. The number of halogens is 4. The van der Waals surface area contributed by atoms with E-state index >= 15 is 0 Å². The van der Waals surface area contributed by atoms with E-state index in [4.69, 9.17) is 16.3 Å². The Morgan fingerprint density at radius 1 is 1.15 bits per heavy atom. The van der Waals surface area contributed by atoms with E-state index in [0.717, 1.165) is 11.0 Å². The number of carbonyl (C=O) groups excluding carboxylic acids is 3. The van der Waals surface area contributed by atoms with Crippen molar-refractivity contribution < 1.29 is 32.3 Å². The fourth-order valence-electron chi connectivity index (χ4n) is 4.47. The maximum atomic E-state index is 13.5. The maximum absolute atomic E-state index is 13.5. The zero-order chi connectivity index (χ0) is 29.3. The molecule has 3 heterocycles. The first-order valence-electron chi connectivity index (χ1n) is 12.1. The summed E-state index contributed by atoms with van der Waals surface area (Å²) in [6, 6.07) is 12.5. The van der Waals surface area contributed by atoms with Gasteiger partial charge in [-0.05, 0) is 65.4 Å². The number of alkyl halides is 3. The Morgan fingerprint density at radius 2 is 1.95 bits per heavy atom. The minimum Gasteiger partial charge on any atom is -0.467 e. The molecule has 1 saturated heterocycles. The molecule has 1 aliphatic heterocycles. The first-order valence-corrected chi connectivity index (χ1v) is 13.3. The van der Waals surface area contributed by atoms with Crippen LogP contribution in [0.25, 0.3) is 17.0 Å². The Kier molecular flexibility index (Phi) is 7.87. The third-order valence-corrected chi connectivity index (χ3v) is 7.52. The van der Waals surface area contributed by atoms with E-state index in [9.17, 15) is 27.6 Å². The molecule has 1 unspecified atom stereocenters. The molecule has 0 N–H and O–H groups in total. The fraction of sp³-hybridized carbons (Fsp3) is 0.179. The number of ether oxygens (including phenoxy) is 1. The standard InChI is InChI=1S/C28H20ClF3N4O4S/c1-40-26(38)23(13-20-4-2-3-9-33-20)36-25(37)24(41-27(36)39)11-16-5-8-22-18(10-16)14-34-35(22)15-17-6-7-19(29)12-21(17)28(30,31)32/h2-12,14,23H,13,15H2,1H3. The summed E-state index contributed by atoms with van der Waals surface area (Å²) >= 11 is 6.48. The van der Waals surface area contributed by atoms with E-state index in [1.54, 1.807) is 42.6 Å². The van der Waals surface area contributed by atoms with Crippen LogP contribution in [0.2, 0.25) is 5.02 Å². The Balaban J connectivity index is 1.40.